The number of hydrogen-bond acceptors (Lipinski definition) is 4. The van der Waals surface area contributed by atoms with Gasteiger partial charge in [0.05, 0.1) is 6.61 Å². The van der Waals surface area contributed by atoms with Crippen molar-refractivity contribution in [1.82, 2.24) is 16.0 Å². The Morgan fingerprint density at radius 2 is 1.70 bits per heavy atom. The highest BCUT2D eigenvalue weighted by Gasteiger charge is 2.15. The average Bonchev–Trinajstić information content (AvgIpc) is 2.58. The number of carbonyl (C=O) groups excluding carboxylic acids is 1. The lowest BCUT2D eigenvalue weighted by Gasteiger charge is -2.20. The van der Waals surface area contributed by atoms with E-state index >= 15 is 0 Å². The van der Waals surface area contributed by atoms with E-state index in [9.17, 15) is 4.79 Å². The summed E-state index contributed by atoms with van der Waals surface area (Å²) in [6.07, 6.45) is -0.424. The van der Waals surface area contributed by atoms with Crippen LogP contribution in [0.1, 0.15) is 40.2 Å². The molecule has 0 fully saturated rings. The number of carbonyl (C=O) groups is 1. The number of rotatable bonds is 8. The summed E-state index contributed by atoms with van der Waals surface area (Å²) in [6, 6.07) is 8.00. The maximum absolute atomic E-state index is 11.6. The zero-order chi connectivity index (χ0) is 20.3. The summed E-state index contributed by atoms with van der Waals surface area (Å²) in [5, 5.41) is 9.08. The molecule has 0 bridgehead atoms. The average molecular weight is 379 g/mol. The number of nitrogens with zero attached hydrogens (tertiary/aromatic N) is 1. The van der Waals surface area contributed by atoms with Crippen LogP contribution in [0.5, 0.6) is 5.75 Å². The summed E-state index contributed by atoms with van der Waals surface area (Å²) in [5.74, 6) is 2.05. The Kier molecular flexibility index (Phi) is 9.47. The van der Waals surface area contributed by atoms with Crippen molar-refractivity contribution >= 4 is 12.1 Å². The van der Waals surface area contributed by atoms with E-state index in [1.807, 2.05) is 45.0 Å². The van der Waals surface area contributed by atoms with Crippen molar-refractivity contribution < 1.29 is 14.3 Å². The number of aliphatic imine (C=N–C) groups is 1. The number of hydrogen-bond donors (Lipinski definition) is 3. The molecule has 0 aliphatic carbocycles. The normalized spacial score (nSPS) is 11.9. The number of benzene rings is 1. The van der Waals surface area contributed by atoms with E-state index in [1.54, 1.807) is 7.05 Å². The van der Waals surface area contributed by atoms with Gasteiger partial charge in [0.25, 0.3) is 0 Å². The van der Waals surface area contributed by atoms with E-state index in [0.29, 0.717) is 38.1 Å². The van der Waals surface area contributed by atoms with E-state index in [4.69, 9.17) is 9.47 Å². The molecule has 0 saturated carbocycles. The maximum Gasteiger partial charge on any atom is 0.407 e. The molecule has 3 N–H and O–H groups in total. The Labute approximate surface area is 162 Å². The lowest BCUT2D eigenvalue weighted by Crippen LogP contribution is -2.42. The van der Waals surface area contributed by atoms with Crippen LogP contribution in [0.3, 0.4) is 0 Å². The van der Waals surface area contributed by atoms with Gasteiger partial charge < -0.3 is 25.4 Å². The van der Waals surface area contributed by atoms with E-state index in [-0.39, 0.29) is 0 Å². The predicted molar refractivity (Wildman–Crippen MR) is 109 cm³/mol. The largest absolute Gasteiger partial charge is 0.493 e. The second-order valence-corrected chi connectivity index (χ2v) is 7.63. The SMILES string of the molecule is CN=C(NCCNC(=O)OC(C)(C)C)NCc1ccc(OCC(C)C)cc1. The lowest BCUT2D eigenvalue weighted by atomic mass is 10.2. The molecule has 0 spiro atoms. The van der Waals surface area contributed by atoms with Gasteiger partial charge >= 0.3 is 6.09 Å². The van der Waals surface area contributed by atoms with Gasteiger partial charge in [0.15, 0.2) is 5.96 Å². The van der Waals surface area contributed by atoms with Gasteiger partial charge in [-0.1, -0.05) is 26.0 Å². The van der Waals surface area contributed by atoms with Gasteiger partial charge in [-0.15, -0.1) is 0 Å². The number of amides is 1. The summed E-state index contributed by atoms with van der Waals surface area (Å²) in [4.78, 5) is 15.7. The Balaban J connectivity index is 2.29. The molecule has 0 aliphatic rings. The molecule has 0 heterocycles. The van der Waals surface area contributed by atoms with Crippen LogP contribution in [0, 0.1) is 5.92 Å². The van der Waals surface area contributed by atoms with Crippen molar-refractivity contribution in [2.45, 2.75) is 46.8 Å². The fourth-order valence-electron chi connectivity index (χ4n) is 2.03. The van der Waals surface area contributed by atoms with Crippen LogP contribution >= 0.6 is 0 Å². The first-order valence-corrected chi connectivity index (χ1v) is 9.32. The van der Waals surface area contributed by atoms with E-state index in [1.165, 1.54) is 0 Å². The molecule has 0 unspecified atom stereocenters. The summed E-state index contributed by atoms with van der Waals surface area (Å²) in [6.45, 7) is 12.1. The molecule has 1 aromatic carbocycles. The smallest absolute Gasteiger partial charge is 0.407 e. The van der Waals surface area contributed by atoms with Gasteiger partial charge in [-0.05, 0) is 44.4 Å². The van der Waals surface area contributed by atoms with Gasteiger partial charge in [0, 0.05) is 26.7 Å². The molecule has 27 heavy (non-hydrogen) atoms. The molecule has 1 aromatic rings. The molecule has 0 saturated heterocycles. The molecule has 7 heteroatoms. The van der Waals surface area contributed by atoms with Crippen molar-refractivity contribution in [1.29, 1.82) is 0 Å². The van der Waals surface area contributed by atoms with Crippen molar-refractivity contribution in [3.63, 3.8) is 0 Å². The van der Waals surface area contributed by atoms with Crippen LogP contribution in [0.25, 0.3) is 0 Å². The molecule has 1 rings (SSSR count). The van der Waals surface area contributed by atoms with Crippen LogP contribution in [-0.2, 0) is 11.3 Å². The lowest BCUT2D eigenvalue weighted by molar-refractivity contribution is 0.0529. The number of ether oxygens (including phenoxy) is 2. The first kappa shape index (κ1) is 22.6. The second-order valence-electron chi connectivity index (χ2n) is 7.63. The molecular weight excluding hydrogens is 344 g/mol. The summed E-state index contributed by atoms with van der Waals surface area (Å²) in [5.41, 5.74) is 0.631. The van der Waals surface area contributed by atoms with Gasteiger partial charge in [-0.3, -0.25) is 4.99 Å². The zero-order valence-corrected chi connectivity index (χ0v) is 17.4. The van der Waals surface area contributed by atoms with Crippen LogP contribution < -0.4 is 20.7 Å². The second kappa shape index (κ2) is 11.3. The van der Waals surface area contributed by atoms with E-state index < -0.39 is 11.7 Å². The Bertz CT molecular complexity index is 592. The highest BCUT2D eigenvalue weighted by Crippen LogP contribution is 2.13. The topological polar surface area (TPSA) is 84.0 Å². The van der Waals surface area contributed by atoms with Crippen LogP contribution in [0.4, 0.5) is 4.79 Å². The molecule has 0 aromatic heterocycles. The van der Waals surface area contributed by atoms with Crippen molar-refractivity contribution in [2.24, 2.45) is 10.9 Å². The fourth-order valence-corrected chi connectivity index (χ4v) is 2.03. The fraction of sp³-hybridized carbons (Fsp3) is 0.600. The number of guanidine groups is 1. The monoisotopic (exact) mass is 378 g/mol. The van der Waals surface area contributed by atoms with Gasteiger partial charge in [-0.25, -0.2) is 4.79 Å². The van der Waals surface area contributed by atoms with Gasteiger partial charge in [0.1, 0.15) is 11.4 Å². The highest BCUT2D eigenvalue weighted by molar-refractivity contribution is 5.79. The minimum atomic E-state index is -0.496. The van der Waals surface area contributed by atoms with Crippen molar-refractivity contribution in [3.05, 3.63) is 29.8 Å². The van der Waals surface area contributed by atoms with Crippen LogP contribution in [-0.4, -0.2) is 44.4 Å². The van der Waals surface area contributed by atoms with Crippen LogP contribution in [0.2, 0.25) is 0 Å². The molecule has 1 amide bonds. The molecule has 7 nitrogen and oxygen atoms in total. The first-order chi connectivity index (χ1) is 12.7. The number of nitrogens with one attached hydrogen (secondary N) is 3. The van der Waals surface area contributed by atoms with Crippen molar-refractivity contribution in [2.75, 3.05) is 26.7 Å². The highest BCUT2D eigenvalue weighted by atomic mass is 16.6. The van der Waals surface area contributed by atoms with E-state index in [0.717, 1.165) is 11.3 Å². The summed E-state index contributed by atoms with van der Waals surface area (Å²) < 4.78 is 10.9. The Hall–Kier alpha value is -2.44. The Morgan fingerprint density at radius 1 is 1.07 bits per heavy atom. The quantitative estimate of drug-likeness (QED) is 0.368. The molecular formula is C20H34N4O3. The van der Waals surface area contributed by atoms with Gasteiger partial charge in [-0.2, -0.15) is 0 Å². The molecule has 0 radical (unpaired) electrons. The third kappa shape index (κ3) is 11.0. The molecule has 0 atom stereocenters. The van der Waals surface area contributed by atoms with Crippen LogP contribution in [0.15, 0.2) is 29.3 Å². The minimum absolute atomic E-state index is 0.424. The number of alkyl carbamates (subject to hydrolysis) is 1. The minimum Gasteiger partial charge on any atom is -0.493 e. The van der Waals surface area contributed by atoms with Crippen molar-refractivity contribution in [3.8, 4) is 5.75 Å². The van der Waals surface area contributed by atoms with Gasteiger partial charge in [0.2, 0.25) is 0 Å². The standard InChI is InChI=1S/C20H34N4O3/c1-15(2)14-26-17-9-7-16(8-10-17)13-24-18(21-6)22-11-12-23-19(25)27-20(3,4)5/h7-10,15H,11-14H2,1-6H3,(H,23,25)(H2,21,22,24). The third-order valence-electron chi connectivity index (χ3n) is 3.28. The predicted octanol–water partition coefficient (Wildman–Crippen LogP) is 2.91. The summed E-state index contributed by atoms with van der Waals surface area (Å²) >= 11 is 0. The molecule has 152 valence electrons. The Morgan fingerprint density at radius 3 is 2.26 bits per heavy atom. The molecule has 0 aliphatic heterocycles. The summed E-state index contributed by atoms with van der Waals surface area (Å²) in [7, 11) is 1.71. The van der Waals surface area contributed by atoms with E-state index in [2.05, 4.69) is 34.8 Å². The first-order valence-electron chi connectivity index (χ1n) is 9.32. The maximum atomic E-state index is 11.6. The third-order valence-corrected chi connectivity index (χ3v) is 3.28. The zero-order valence-electron chi connectivity index (χ0n) is 17.4.